The molecule has 0 rings (SSSR count). The fraction of sp³-hybridized carbons (Fsp3) is 0.944. The Morgan fingerprint density at radius 3 is 0.747 bits per heavy atom. The number of aliphatic hydroxyl groups excluding tert-OH is 1. The molecule has 0 aliphatic heterocycles. The maximum absolute atomic E-state index is 13.0. The van der Waals surface area contributed by atoms with Crippen molar-refractivity contribution in [1.29, 1.82) is 0 Å². The van der Waals surface area contributed by atoms with Crippen molar-refractivity contribution in [3.63, 3.8) is 0 Å². The van der Waals surface area contributed by atoms with Crippen LogP contribution in [0.1, 0.15) is 369 Å². The van der Waals surface area contributed by atoms with Crippen molar-refractivity contribution in [2.24, 2.45) is 11.8 Å². The summed E-state index contributed by atoms with van der Waals surface area (Å²) in [7, 11) is -9.90. The summed E-state index contributed by atoms with van der Waals surface area (Å²) in [6, 6.07) is 0. The highest BCUT2D eigenvalue weighted by atomic mass is 31.2. The monoisotopic (exact) mass is 1340 g/mol. The molecule has 0 fully saturated rings. The minimum Gasteiger partial charge on any atom is -0.462 e. The summed E-state index contributed by atoms with van der Waals surface area (Å²) in [6.45, 7) is 9.43. The summed E-state index contributed by atoms with van der Waals surface area (Å²) >= 11 is 0. The summed E-state index contributed by atoms with van der Waals surface area (Å²) in [4.78, 5) is 72.5. The normalized spacial score (nSPS) is 14.1. The fourth-order valence-corrected chi connectivity index (χ4v) is 12.5. The SMILES string of the molecule is CCCCCCCCCCCCCCCCCCCCCCCC(=O)O[C@H](COC(=O)CCCCCCCCCCCC(C)C)COP(=O)(O)OC[C@@H](O)COP(=O)(O)OC[C@@H](COC(=O)CCCCCCCCCCC)OC(=O)CCCCCCCCC(C)C. The largest absolute Gasteiger partial charge is 0.472 e. The first kappa shape index (κ1) is 89.1. The van der Waals surface area contributed by atoms with E-state index in [0.29, 0.717) is 31.6 Å². The number of rotatable bonds is 71. The zero-order valence-corrected chi connectivity index (χ0v) is 60.9. The number of hydrogen-bond acceptors (Lipinski definition) is 15. The number of carbonyl (C=O) groups is 4. The number of hydrogen-bond donors (Lipinski definition) is 3. The van der Waals surface area contributed by atoms with Crippen molar-refractivity contribution in [1.82, 2.24) is 0 Å². The average Bonchev–Trinajstić information content (AvgIpc) is 3.59. The second-order valence-electron chi connectivity index (χ2n) is 26.9. The summed E-state index contributed by atoms with van der Waals surface area (Å²) < 4.78 is 68.2. The Balaban J connectivity index is 5.15. The van der Waals surface area contributed by atoms with Gasteiger partial charge in [0.25, 0.3) is 0 Å². The average molecular weight is 1340 g/mol. The van der Waals surface area contributed by atoms with Crippen LogP contribution in [0.5, 0.6) is 0 Å². The molecular formula is C72H140O17P2. The van der Waals surface area contributed by atoms with Crippen molar-refractivity contribution < 1.29 is 80.2 Å². The van der Waals surface area contributed by atoms with E-state index in [2.05, 4.69) is 41.5 Å². The highest BCUT2D eigenvalue weighted by Gasteiger charge is 2.30. The van der Waals surface area contributed by atoms with Crippen LogP contribution in [0.15, 0.2) is 0 Å². The summed E-state index contributed by atoms with van der Waals surface area (Å²) in [6.07, 6.45) is 50.4. The Bertz CT molecular complexity index is 1770. The van der Waals surface area contributed by atoms with Crippen molar-refractivity contribution >= 4 is 39.5 Å². The minimum atomic E-state index is -4.95. The number of phosphoric acid groups is 2. The van der Waals surface area contributed by atoms with Crippen LogP contribution in [-0.2, 0) is 65.4 Å². The van der Waals surface area contributed by atoms with Gasteiger partial charge in [-0.05, 0) is 37.5 Å². The lowest BCUT2D eigenvalue weighted by Gasteiger charge is -2.21. The molecule has 19 heteroatoms. The molecule has 0 spiro atoms. The molecule has 17 nitrogen and oxygen atoms in total. The van der Waals surface area contributed by atoms with Crippen molar-refractivity contribution in [3.8, 4) is 0 Å². The van der Waals surface area contributed by atoms with E-state index in [9.17, 15) is 43.2 Å². The third-order valence-electron chi connectivity index (χ3n) is 16.7. The lowest BCUT2D eigenvalue weighted by molar-refractivity contribution is -0.161. The summed E-state index contributed by atoms with van der Waals surface area (Å²) in [5.41, 5.74) is 0. The third kappa shape index (κ3) is 66.5. The van der Waals surface area contributed by atoms with Gasteiger partial charge in [-0.15, -0.1) is 0 Å². The van der Waals surface area contributed by atoms with E-state index in [0.717, 1.165) is 95.8 Å². The fourth-order valence-electron chi connectivity index (χ4n) is 10.9. The minimum absolute atomic E-state index is 0.102. The quantitative estimate of drug-likeness (QED) is 0.0222. The van der Waals surface area contributed by atoms with Crippen LogP contribution < -0.4 is 0 Å². The number of aliphatic hydroxyl groups is 1. The van der Waals surface area contributed by atoms with Crippen LogP contribution in [0, 0.1) is 11.8 Å². The Morgan fingerprint density at radius 1 is 0.297 bits per heavy atom. The molecule has 0 radical (unpaired) electrons. The number of phosphoric ester groups is 2. The van der Waals surface area contributed by atoms with Gasteiger partial charge >= 0.3 is 39.5 Å². The van der Waals surface area contributed by atoms with Crippen molar-refractivity contribution in [3.05, 3.63) is 0 Å². The second kappa shape index (κ2) is 64.1. The van der Waals surface area contributed by atoms with Crippen LogP contribution in [-0.4, -0.2) is 96.7 Å². The Hall–Kier alpha value is -1.94. The van der Waals surface area contributed by atoms with E-state index in [4.69, 9.17) is 37.0 Å². The highest BCUT2D eigenvalue weighted by molar-refractivity contribution is 7.47. The van der Waals surface area contributed by atoms with E-state index >= 15 is 0 Å². The first-order valence-corrected chi connectivity index (χ1v) is 40.5. The van der Waals surface area contributed by atoms with E-state index in [1.54, 1.807) is 0 Å². The molecule has 91 heavy (non-hydrogen) atoms. The van der Waals surface area contributed by atoms with Crippen molar-refractivity contribution in [2.75, 3.05) is 39.6 Å². The van der Waals surface area contributed by atoms with Gasteiger partial charge in [-0.1, -0.05) is 318 Å². The summed E-state index contributed by atoms with van der Waals surface area (Å²) in [5.74, 6) is -0.716. The zero-order valence-electron chi connectivity index (χ0n) is 59.1. The highest BCUT2D eigenvalue weighted by Crippen LogP contribution is 2.45. The first-order valence-electron chi connectivity index (χ1n) is 37.5. The van der Waals surface area contributed by atoms with Crippen LogP contribution in [0.25, 0.3) is 0 Å². The molecule has 0 aliphatic carbocycles. The Kier molecular flexibility index (Phi) is 62.7. The molecule has 0 heterocycles. The predicted octanol–water partition coefficient (Wildman–Crippen LogP) is 20.8. The third-order valence-corrected chi connectivity index (χ3v) is 18.6. The maximum Gasteiger partial charge on any atom is 0.472 e. The molecule has 0 aromatic heterocycles. The molecule has 5 atom stereocenters. The second-order valence-corrected chi connectivity index (χ2v) is 29.8. The molecule has 0 aliphatic rings. The molecule has 3 N–H and O–H groups in total. The standard InChI is InChI=1S/C72H140O17P2/c1-7-9-11-13-15-17-18-19-20-21-22-23-24-25-26-27-28-32-37-44-50-56-71(76)88-67(60-83-70(75)55-49-43-36-33-29-31-34-40-46-52-64(3)4)62-86-90(78,79)84-58-66(73)59-85-91(80,81)87-63-68(89-72(77)57-51-45-39-38-41-47-53-65(5)6)61-82-69(74)54-48-42-35-30-16-14-12-10-8-2/h64-68,73H,7-63H2,1-6H3,(H,78,79)(H,80,81)/t66-,67-,68-/m1/s1. The Morgan fingerprint density at radius 2 is 0.505 bits per heavy atom. The molecule has 0 bridgehead atoms. The lowest BCUT2D eigenvalue weighted by Crippen LogP contribution is -2.30. The van der Waals surface area contributed by atoms with Gasteiger partial charge in [-0.2, -0.15) is 0 Å². The molecule has 0 saturated heterocycles. The van der Waals surface area contributed by atoms with Crippen LogP contribution in [0.3, 0.4) is 0 Å². The van der Waals surface area contributed by atoms with Crippen LogP contribution in [0.2, 0.25) is 0 Å². The predicted molar refractivity (Wildman–Crippen MR) is 368 cm³/mol. The lowest BCUT2D eigenvalue weighted by atomic mass is 10.0. The van der Waals surface area contributed by atoms with E-state index < -0.39 is 97.5 Å². The van der Waals surface area contributed by atoms with Crippen LogP contribution >= 0.6 is 15.6 Å². The van der Waals surface area contributed by atoms with Gasteiger partial charge < -0.3 is 33.8 Å². The zero-order chi connectivity index (χ0) is 67.2. The molecule has 0 saturated carbocycles. The molecule has 0 amide bonds. The number of unbranched alkanes of at least 4 members (excludes halogenated alkanes) is 41. The van der Waals surface area contributed by atoms with Gasteiger partial charge in [-0.25, -0.2) is 9.13 Å². The number of ether oxygens (including phenoxy) is 4. The van der Waals surface area contributed by atoms with E-state index in [1.165, 1.54) is 186 Å². The first-order chi connectivity index (χ1) is 43.9. The van der Waals surface area contributed by atoms with E-state index in [1.807, 2.05) is 0 Å². The molecule has 0 aromatic rings. The maximum atomic E-state index is 13.0. The molecular weight excluding hydrogens is 1200 g/mol. The summed E-state index contributed by atoms with van der Waals surface area (Å²) in [5, 5.41) is 10.6. The molecule has 540 valence electrons. The Labute approximate surface area is 556 Å². The van der Waals surface area contributed by atoms with Gasteiger partial charge in [0.2, 0.25) is 0 Å². The molecule has 2 unspecified atom stereocenters. The number of carbonyl (C=O) groups excluding carboxylic acids is 4. The van der Waals surface area contributed by atoms with Gasteiger partial charge in [0, 0.05) is 25.7 Å². The molecule has 0 aromatic carbocycles. The van der Waals surface area contributed by atoms with Gasteiger partial charge in [-0.3, -0.25) is 37.3 Å². The number of esters is 4. The van der Waals surface area contributed by atoms with Gasteiger partial charge in [0.1, 0.15) is 19.3 Å². The van der Waals surface area contributed by atoms with Crippen LogP contribution in [0.4, 0.5) is 0 Å². The van der Waals surface area contributed by atoms with E-state index in [-0.39, 0.29) is 25.7 Å². The van der Waals surface area contributed by atoms with Crippen molar-refractivity contribution in [2.45, 2.75) is 387 Å². The smallest absolute Gasteiger partial charge is 0.462 e. The van der Waals surface area contributed by atoms with Gasteiger partial charge in [0.15, 0.2) is 12.2 Å². The topological polar surface area (TPSA) is 237 Å². The van der Waals surface area contributed by atoms with Gasteiger partial charge in [0.05, 0.1) is 26.4 Å².